The molecule has 0 spiro atoms. The molecule has 0 saturated carbocycles. The van der Waals surface area contributed by atoms with Crippen molar-refractivity contribution >= 4 is 29.0 Å². The van der Waals surface area contributed by atoms with E-state index in [1.807, 2.05) is 27.8 Å². The van der Waals surface area contributed by atoms with Crippen LogP contribution in [0.15, 0.2) is 24.8 Å². The molecule has 0 radical (unpaired) electrons. The third kappa shape index (κ3) is 4.83. The molecule has 32 heavy (non-hydrogen) atoms. The number of nitrogens with one attached hydrogen (secondary N) is 1. The summed E-state index contributed by atoms with van der Waals surface area (Å²) in [5.41, 5.74) is 2.41. The summed E-state index contributed by atoms with van der Waals surface area (Å²) in [4.78, 5) is 42.7. The van der Waals surface area contributed by atoms with Crippen molar-refractivity contribution in [2.45, 2.75) is 33.7 Å². The number of carbonyl (C=O) groups excluding carboxylic acids is 1. The van der Waals surface area contributed by atoms with Crippen LogP contribution in [0.2, 0.25) is 0 Å². The number of carbonyl (C=O) groups is 2. The average molecular weight is 435 g/mol. The summed E-state index contributed by atoms with van der Waals surface area (Å²) in [6, 6.07) is 2.38. The van der Waals surface area contributed by atoms with Crippen LogP contribution in [0.3, 0.4) is 0 Å². The molecule has 3 heterocycles. The number of aromatic nitrogens is 5. The van der Waals surface area contributed by atoms with E-state index < -0.39 is 18.0 Å². The van der Waals surface area contributed by atoms with Crippen LogP contribution in [0, 0.1) is 17.8 Å². The van der Waals surface area contributed by atoms with Crippen molar-refractivity contribution in [2.75, 3.05) is 11.9 Å². The molecule has 3 aromatic rings. The van der Waals surface area contributed by atoms with Gasteiger partial charge < -0.3 is 15.0 Å². The molecule has 1 atom stereocenters. The molecule has 0 saturated heterocycles. The van der Waals surface area contributed by atoms with Gasteiger partial charge in [-0.15, -0.1) is 6.42 Å². The monoisotopic (exact) mass is 435 g/mol. The molecule has 2 N–H and O–H groups in total. The van der Waals surface area contributed by atoms with Crippen LogP contribution < -0.4 is 5.32 Å². The van der Waals surface area contributed by atoms with Gasteiger partial charge in [-0.3, -0.25) is 9.69 Å². The Hall–Kier alpha value is -4.00. The molecular formula is C22H25N7O3. The standard InChI is InChI=1S/C22H25N7O3/c1-7-15-8-14(17-18-19(24-11-23-17)25-12-28(18)6)9-16(26-15)27-20(30)13(2)29(21(31)32)10-22(3,4)5/h1,8-9,11-13H,10H2,2-6H3,(H,31,32)(H,26,27,30). The number of pyridine rings is 1. The Morgan fingerprint density at radius 2 is 2.00 bits per heavy atom. The fraction of sp³-hybridized carbons (Fsp3) is 0.364. The van der Waals surface area contributed by atoms with Crippen LogP contribution >= 0.6 is 0 Å². The van der Waals surface area contributed by atoms with Gasteiger partial charge in [0, 0.05) is 19.2 Å². The fourth-order valence-corrected chi connectivity index (χ4v) is 3.26. The number of anilines is 1. The lowest BCUT2D eigenvalue weighted by Crippen LogP contribution is -2.48. The summed E-state index contributed by atoms with van der Waals surface area (Å²) in [5, 5.41) is 12.3. The van der Waals surface area contributed by atoms with Gasteiger partial charge in [-0.1, -0.05) is 26.7 Å². The van der Waals surface area contributed by atoms with E-state index in [-0.39, 0.29) is 17.8 Å². The molecule has 0 aliphatic carbocycles. The number of rotatable bonds is 5. The Balaban J connectivity index is 1.95. The summed E-state index contributed by atoms with van der Waals surface area (Å²) in [6.45, 7) is 7.43. The maximum Gasteiger partial charge on any atom is 0.407 e. The molecule has 10 heteroatoms. The molecule has 2 amide bonds. The Labute approximate surface area is 185 Å². The molecule has 0 aliphatic heterocycles. The molecule has 3 aromatic heterocycles. The number of carboxylic acid groups (broad SMARTS) is 1. The predicted octanol–water partition coefficient (Wildman–Crippen LogP) is 2.76. The smallest absolute Gasteiger partial charge is 0.407 e. The zero-order chi connectivity index (χ0) is 23.6. The van der Waals surface area contributed by atoms with Crippen molar-refractivity contribution in [3.63, 3.8) is 0 Å². The highest BCUT2D eigenvalue weighted by Crippen LogP contribution is 2.27. The minimum atomic E-state index is -1.17. The van der Waals surface area contributed by atoms with Crippen LogP contribution in [-0.4, -0.2) is 59.1 Å². The first-order valence-electron chi connectivity index (χ1n) is 9.91. The van der Waals surface area contributed by atoms with E-state index in [0.717, 1.165) is 4.90 Å². The van der Waals surface area contributed by atoms with E-state index in [1.54, 1.807) is 23.0 Å². The molecule has 0 aliphatic rings. The van der Waals surface area contributed by atoms with Gasteiger partial charge in [0.1, 0.15) is 29.4 Å². The van der Waals surface area contributed by atoms with Crippen molar-refractivity contribution in [2.24, 2.45) is 12.5 Å². The number of terminal acetylenes is 1. The normalized spacial score (nSPS) is 12.2. The summed E-state index contributed by atoms with van der Waals surface area (Å²) in [7, 11) is 1.82. The fourth-order valence-electron chi connectivity index (χ4n) is 3.26. The third-order valence-electron chi connectivity index (χ3n) is 4.74. The van der Waals surface area contributed by atoms with Gasteiger partial charge in [0.15, 0.2) is 5.65 Å². The van der Waals surface area contributed by atoms with E-state index in [2.05, 4.69) is 31.2 Å². The van der Waals surface area contributed by atoms with E-state index in [1.165, 1.54) is 13.3 Å². The Bertz CT molecular complexity index is 1220. The van der Waals surface area contributed by atoms with Crippen molar-refractivity contribution in [3.05, 3.63) is 30.5 Å². The first kappa shape index (κ1) is 22.7. The predicted molar refractivity (Wildman–Crippen MR) is 120 cm³/mol. The lowest BCUT2D eigenvalue weighted by molar-refractivity contribution is -0.120. The lowest BCUT2D eigenvalue weighted by atomic mass is 9.95. The van der Waals surface area contributed by atoms with Gasteiger partial charge in [-0.25, -0.2) is 24.7 Å². The zero-order valence-corrected chi connectivity index (χ0v) is 18.6. The summed E-state index contributed by atoms with van der Waals surface area (Å²) >= 11 is 0. The molecule has 0 fully saturated rings. The summed E-state index contributed by atoms with van der Waals surface area (Å²) < 4.78 is 1.79. The van der Waals surface area contributed by atoms with Crippen LogP contribution in [0.25, 0.3) is 22.4 Å². The van der Waals surface area contributed by atoms with Gasteiger partial charge in [0.05, 0.1) is 12.0 Å². The van der Waals surface area contributed by atoms with E-state index in [0.29, 0.717) is 28.1 Å². The molecule has 0 bridgehead atoms. The lowest BCUT2D eigenvalue weighted by Gasteiger charge is -2.31. The van der Waals surface area contributed by atoms with Crippen molar-refractivity contribution < 1.29 is 14.7 Å². The van der Waals surface area contributed by atoms with Crippen molar-refractivity contribution in [1.29, 1.82) is 0 Å². The van der Waals surface area contributed by atoms with Gasteiger partial charge in [0.25, 0.3) is 0 Å². The molecule has 0 aromatic carbocycles. The number of imidazole rings is 1. The first-order valence-corrected chi connectivity index (χ1v) is 9.91. The quantitative estimate of drug-likeness (QED) is 0.590. The second kappa shape index (κ2) is 8.63. The highest BCUT2D eigenvalue weighted by Gasteiger charge is 2.29. The van der Waals surface area contributed by atoms with Gasteiger partial charge in [-0.05, 0) is 24.5 Å². The Morgan fingerprint density at radius 1 is 1.28 bits per heavy atom. The van der Waals surface area contributed by atoms with Crippen LogP contribution in [-0.2, 0) is 11.8 Å². The maximum atomic E-state index is 12.9. The number of aryl methyl sites for hydroxylation is 1. The van der Waals surface area contributed by atoms with E-state index >= 15 is 0 Å². The molecule has 166 valence electrons. The van der Waals surface area contributed by atoms with E-state index in [4.69, 9.17) is 6.42 Å². The Kier molecular flexibility index (Phi) is 6.11. The number of hydrogen-bond donors (Lipinski definition) is 2. The second-order valence-corrected chi connectivity index (χ2v) is 8.66. The maximum absolute atomic E-state index is 12.9. The third-order valence-corrected chi connectivity index (χ3v) is 4.74. The summed E-state index contributed by atoms with van der Waals surface area (Å²) in [6.07, 6.45) is 7.43. The van der Waals surface area contributed by atoms with Crippen LogP contribution in [0.1, 0.15) is 33.4 Å². The highest BCUT2D eigenvalue weighted by atomic mass is 16.4. The minimum absolute atomic E-state index is 0.194. The van der Waals surface area contributed by atoms with Crippen molar-refractivity contribution in [3.8, 4) is 23.6 Å². The first-order chi connectivity index (χ1) is 15.0. The number of hydrogen-bond acceptors (Lipinski definition) is 6. The SMILES string of the molecule is C#Cc1cc(-c2ncnc3ncn(C)c23)cc(NC(=O)C(C)N(CC(C)(C)C)C(=O)O)n1. The number of fused-ring (bicyclic) bond motifs is 1. The molecule has 1 unspecified atom stereocenters. The topological polar surface area (TPSA) is 126 Å². The average Bonchev–Trinajstić information content (AvgIpc) is 3.11. The van der Waals surface area contributed by atoms with Gasteiger partial charge in [0.2, 0.25) is 5.91 Å². The number of amides is 2. The molecular weight excluding hydrogens is 410 g/mol. The van der Waals surface area contributed by atoms with Crippen molar-refractivity contribution in [1.82, 2.24) is 29.4 Å². The second-order valence-electron chi connectivity index (χ2n) is 8.66. The minimum Gasteiger partial charge on any atom is -0.465 e. The van der Waals surface area contributed by atoms with Gasteiger partial charge >= 0.3 is 6.09 Å². The molecule has 3 rings (SSSR count). The van der Waals surface area contributed by atoms with Crippen LogP contribution in [0.4, 0.5) is 10.6 Å². The largest absolute Gasteiger partial charge is 0.465 e. The highest BCUT2D eigenvalue weighted by molar-refractivity contribution is 5.96. The van der Waals surface area contributed by atoms with Crippen LogP contribution in [0.5, 0.6) is 0 Å². The number of nitrogens with zero attached hydrogens (tertiary/aromatic N) is 6. The zero-order valence-electron chi connectivity index (χ0n) is 18.6. The molecule has 10 nitrogen and oxygen atoms in total. The Morgan fingerprint density at radius 3 is 2.62 bits per heavy atom. The van der Waals surface area contributed by atoms with E-state index in [9.17, 15) is 14.7 Å². The van der Waals surface area contributed by atoms with Gasteiger partial charge in [-0.2, -0.15) is 0 Å². The summed E-state index contributed by atoms with van der Waals surface area (Å²) in [5.74, 6) is 2.16.